The van der Waals surface area contributed by atoms with Crippen LogP contribution in [0.1, 0.15) is 21.5 Å². The Bertz CT molecular complexity index is 1290. The van der Waals surface area contributed by atoms with E-state index in [1.54, 1.807) is 0 Å². The van der Waals surface area contributed by atoms with Crippen LogP contribution in [0.4, 0.5) is 5.82 Å². The van der Waals surface area contributed by atoms with Crippen LogP contribution >= 0.6 is 0 Å². The van der Waals surface area contributed by atoms with Crippen LogP contribution < -0.4 is 10.2 Å². The second-order valence-electron chi connectivity index (χ2n) is 9.10. The average molecular weight is 482 g/mol. The molecule has 0 saturated carbocycles. The summed E-state index contributed by atoms with van der Waals surface area (Å²) in [6.07, 6.45) is 4.18. The van der Waals surface area contributed by atoms with Crippen LogP contribution in [0, 0.1) is 0 Å². The van der Waals surface area contributed by atoms with Crippen molar-refractivity contribution < 1.29 is 13.2 Å². The predicted molar refractivity (Wildman–Crippen MR) is 134 cm³/mol. The van der Waals surface area contributed by atoms with Crippen LogP contribution in [0.5, 0.6) is 0 Å². The zero-order valence-electron chi connectivity index (χ0n) is 19.5. The molecule has 2 aliphatic heterocycles. The van der Waals surface area contributed by atoms with Gasteiger partial charge in [0.15, 0.2) is 0 Å². The first-order chi connectivity index (χ1) is 16.4. The van der Waals surface area contributed by atoms with Gasteiger partial charge in [-0.1, -0.05) is 24.3 Å². The number of amides is 1. The summed E-state index contributed by atoms with van der Waals surface area (Å²) in [5.74, 6) is 0.894. The highest BCUT2D eigenvalue weighted by molar-refractivity contribution is 7.88. The third kappa shape index (κ3) is 4.82. The molecule has 0 spiro atoms. The van der Waals surface area contributed by atoms with Gasteiger partial charge in [0.1, 0.15) is 5.82 Å². The Morgan fingerprint density at radius 3 is 2.44 bits per heavy atom. The van der Waals surface area contributed by atoms with Crippen molar-refractivity contribution in [3.8, 4) is 0 Å². The summed E-state index contributed by atoms with van der Waals surface area (Å²) < 4.78 is 27.1. The number of hydrogen-bond donors (Lipinski definition) is 1. The number of aromatic nitrogens is 1. The number of carbonyl (C=O) groups is 1. The Morgan fingerprint density at radius 2 is 1.68 bits per heavy atom. The molecule has 0 bridgehead atoms. The number of sulfonamides is 1. The molecular formula is C25H31N5O3S. The summed E-state index contributed by atoms with van der Waals surface area (Å²) in [5.41, 5.74) is 4.42. The Kier molecular flexibility index (Phi) is 6.33. The van der Waals surface area contributed by atoms with Crippen LogP contribution in [0.3, 0.4) is 0 Å². The summed E-state index contributed by atoms with van der Waals surface area (Å²) >= 11 is 0. The fourth-order valence-corrected chi connectivity index (χ4v) is 5.73. The van der Waals surface area contributed by atoms with Crippen LogP contribution in [-0.2, 0) is 23.0 Å². The lowest BCUT2D eigenvalue weighted by atomic mass is 10.00. The molecule has 3 aromatic rings. The summed E-state index contributed by atoms with van der Waals surface area (Å²) in [7, 11) is -3.17. The number of piperazine rings is 1. The van der Waals surface area contributed by atoms with E-state index in [1.165, 1.54) is 21.7 Å². The molecule has 2 aliphatic rings. The first-order valence-electron chi connectivity index (χ1n) is 11.8. The van der Waals surface area contributed by atoms with E-state index in [0.29, 0.717) is 38.3 Å². The van der Waals surface area contributed by atoms with Gasteiger partial charge in [-0.2, -0.15) is 4.31 Å². The molecule has 4 heterocycles. The molecule has 180 valence electrons. The summed E-state index contributed by atoms with van der Waals surface area (Å²) in [5, 5.41) is 3.07. The van der Waals surface area contributed by atoms with E-state index >= 15 is 0 Å². The zero-order valence-corrected chi connectivity index (χ0v) is 20.3. The highest BCUT2D eigenvalue weighted by Gasteiger charge is 2.25. The highest BCUT2D eigenvalue weighted by Crippen LogP contribution is 2.22. The SMILES string of the molecule is CS(=O)(=O)N1CCN(c2ccc3ccc(C(=O)NCCN4CCc5ccccc5C4)cn23)CC1. The number of nitrogens with zero attached hydrogens (tertiary/aromatic N) is 4. The minimum absolute atomic E-state index is 0.0825. The quantitative estimate of drug-likeness (QED) is 0.581. The Balaban J connectivity index is 1.20. The van der Waals surface area contributed by atoms with Crippen LogP contribution in [-0.4, -0.2) is 80.0 Å². The number of fused-ring (bicyclic) bond motifs is 2. The van der Waals surface area contributed by atoms with Gasteiger partial charge in [0.2, 0.25) is 10.0 Å². The van der Waals surface area contributed by atoms with Crippen molar-refractivity contribution in [1.82, 2.24) is 18.9 Å². The van der Waals surface area contributed by atoms with Gasteiger partial charge in [0.25, 0.3) is 5.91 Å². The largest absolute Gasteiger partial charge is 0.355 e. The van der Waals surface area contributed by atoms with E-state index in [2.05, 4.69) is 39.4 Å². The van der Waals surface area contributed by atoms with E-state index in [0.717, 1.165) is 37.4 Å². The molecule has 2 aromatic heterocycles. The number of carbonyl (C=O) groups excluding carboxylic acids is 1. The van der Waals surface area contributed by atoms with E-state index < -0.39 is 10.0 Å². The molecule has 0 atom stereocenters. The smallest absolute Gasteiger partial charge is 0.252 e. The molecule has 1 saturated heterocycles. The van der Waals surface area contributed by atoms with Crippen LogP contribution in [0.25, 0.3) is 5.52 Å². The normalized spacial score (nSPS) is 17.6. The monoisotopic (exact) mass is 481 g/mol. The molecule has 1 amide bonds. The predicted octanol–water partition coefficient (Wildman–Crippen LogP) is 1.81. The van der Waals surface area contributed by atoms with E-state index in [4.69, 9.17) is 0 Å². The zero-order chi connectivity index (χ0) is 23.7. The van der Waals surface area contributed by atoms with Crippen molar-refractivity contribution in [2.75, 3.05) is 57.0 Å². The minimum atomic E-state index is -3.17. The summed E-state index contributed by atoms with van der Waals surface area (Å²) in [6, 6.07) is 16.4. The lowest BCUT2D eigenvalue weighted by molar-refractivity contribution is 0.0947. The van der Waals surface area contributed by atoms with Gasteiger partial charge in [-0.15, -0.1) is 0 Å². The lowest BCUT2D eigenvalue weighted by Crippen LogP contribution is -2.48. The first kappa shape index (κ1) is 22.9. The molecule has 1 N–H and O–H groups in total. The van der Waals surface area contributed by atoms with Crippen molar-refractivity contribution >= 4 is 27.3 Å². The number of nitrogens with one attached hydrogen (secondary N) is 1. The van der Waals surface area contributed by atoms with E-state index in [1.807, 2.05) is 34.9 Å². The lowest BCUT2D eigenvalue weighted by Gasteiger charge is -2.34. The van der Waals surface area contributed by atoms with Crippen molar-refractivity contribution in [3.05, 3.63) is 71.4 Å². The number of hydrogen-bond acceptors (Lipinski definition) is 5. The number of anilines is 1. The number of benzene rings is 1. The van der Waals surface area contributed by atoms with Crippen LogP contribution in [0.15, 0.2) is 54.7 Å². The van der Waals surface area contributed by atoms with Gasteiger partial charge in [0, 0.05) is 64.1 Å². The van der Waals surface area contributed by atoms with Crippen molar-refractivity contribution in [1.29, 1.82) is 0 Å². The Morgan fingerprint density at radius 1 is 0.941 bits per heavy atom. The fraction of sp³-hybridized carbons (Fsp3) is 0.400. The molecular weight excluding hydrogens is 450 g/mol. The molecule has 0 unspecified atom stereocenters. The molecule has 1 aromatic carbocycles. The Labute approximate surface area is 200 Å². The molecule has 8 nitrogen and oxygen atoms in total. The van der Waals surface area contributed by atoms with E-state index in [-0.39, 0.29) is 5.91 Å². The van der Waals surface area contributed by atoms with Gasteiger partial charge < -0.3 is 14.6 Å². The minimum Gasteiger partial charge on any atom is -0.355 e. The first-order valence-corrected chi connectivity index (χ1v) is 13.6. The third-order valence-electron chi connectivity index (χ3n) is 6.85. The van der Waals surface area contributed by atoms with Gasteiger partial charge in [-0.25, -0.2) is 8.42 Å². The van der Waals surface area contributed by atoms with Crippen molar-refractivity contribution in [3.63, 3.8) is 0 Å². The van der Waals surface area contributed by atoms with E-state index in [9.17, 15) is 13.2 Å². The molecule has 34 heavy (non-hydrogen) atoms. The van der Waals surface area contributed by atoms with Crippen molar-refractivity contribution in [2.45, 2.75) is 13.0 Å². The maximum atomic E-state index is 12.9. The maximum absolute atomic E-state index is 12.9. The molecule has 0 aliphatic carbocycles. The molecule has 9 heteroatoms. The topological polar surface area (TPSA) is 77.4 Å². The average Bonchev–Trinajstić information content (AvgIpc) is 3.27. The third-order valence-corrected chi connectivity index (χ3v) is 8.15. The highest BCUT2D eigenvalue weighted by atomic mass is 32.2. The molecule has 0 radical (unpaired) electrons. The van der Waals surface area contributed by atoms with Crippen LogP contribution in [0.2, 0.25) is 0 Å². The second kappa shape index (κ2) is 9.40. The van der Waals surface area contributed by atoms with Gasteiger partial charge >= 0.3 is 0 Å². The van der Waals surface area contributed by atoms with Gasteiger partial charge in [-0.05, 0) is 41.8 Å². The van der Waals surface area contributed by atoms with Crippen molar-refractivity contribution in [2.24, 2.45) is 0 Å². The standard InChI is InChI=1S/C25H31N5O3S/c1-34(32,33)29-16-14-28(15-17-29)24-9-8-23-7-6-22(19-30(23)24)25(31)26-11-13-27-12-10-20-4-2-3-5-21(20)18-27/h2-9,19H,10-18H2,1H3,(H,26,31). The molecule has 1 fully saturated rings. The van der Waals surface area contributed by atoms with Gasteiger partial charge in [0.05, 0.1) is 11.8 Å². The maximum Gasteiger partial charge on any atom is 0.252 e. The fourth-order valence-electron chi connectivity index (χ4n) is 4.90. The number of rotatable bonds is 6. The summed E-state index contributed by atoms with van der Waals surface area (Å²) in [6.45, 7) is 5.53. The number of pyridine rings is 1. The molecule has 5 rings (SSSR count). The van der Waals surface area contributed by atoms with Gasteiger partial charge in [-0.3, -0.25) is 9.69 Å². The summed E-state index contributed by atoms with van der Waals surface area (Å²) in [4.78, 5) is 17.4. The Hall–Kier alpha value is -2.88. The second-order valence-corrected chi connectivity index (χ2v) is 11.1.